The average molecular weight is 408 g/mol. The Kier molecular flexibility index (Phi) is 5.10. The molecule has 0 saturated carbocycles. The van der Waals surface area contributed by atoms with E-state index in [2.05, 4.69) is 0 Å². The van der Waals surface area contributed by atoms with Gasteiger partial charge in [-0.1, -0.05) is 60.2 Å². The largest absolute Gasteiger partial charge is 0.506 e. The Morgan fingerprint density at radius 3 is 2.24 bits per heavy atom. The Morgan fingerprint density at radius 2 is 1.55 bits per heavy atom. The fraction of sp³-hybridized carbons (Fsp3) is 0.0909. The molecule has 0 fully saturated rings. The second-order valence-corrected chi connectivity index (χ2v) is 8.37. The van der Waals surface area contributed by atoms with Crippen molar-refractivity contribution in [3.63, 3.8) is 0 Å². The van der Waals surface area contributed by atoms with Gasteiger partial charge in [0.05, 0.1) is 4.90 Å². The Hall–Kier alpha value is -3.13. The van der Waals surface area contributed by atoms with E-state index in [0.717, 1.165) is 15.7 Å². The number of nitrogens with zero attached hydrogens (tertiary/aromatic N) is 2. The smallest absolute Gasteiger partial charge is 0.283 e. The summed E-state index contributed by atoms with van der Waals surface area (Å²) in [6.07, 6.45) is 2.73. The second kappa shape index (κ2) is 7.71. The molecule has 1 aliphatic heterocycles. The monoisotopic (exact) mass is 408 g/mol. The van der Waals surface area contributed by atoms with Crippen LogP contribution in [0.3, 0.4) is 0 Å². The Morgan fingerprint density at radius 1 is 0.897 bits per heavy atom. The molecule has 1 N–H and O–H groups in total. The molecule has 1 unspecified atom stereocenters. The van der Waals surface area contributed by atoms with Gasteiger partial charge in [-0.05, 0) is 42.8 Å². The Balaban J connectivity index is 1.80. The lowest BCUT2D eigenvalue weighted by Gasteiger charge is -2.37. The van der Waals surface area contributed by atoms with Crippen molar-refractivity contribution in [2.45, 2.75) is 17.9 Å². The van der Waals surface area contributed by atoms with E-state index in [1.165, 1.54) is 23.2 Å². The number of phenols is 1. The average Bonchev–Trinajstić information content (AvgIpc) is 2.75. The van der Waals surface area contributed by atoms with Crippen molar-refractivity contribution in [1.82, 2.24) is 4.58 Å². The van der Waals surface area contributed by atoms with Crippen LogP contribution in [0.1, 0.15) is 17.2 Å². The van der Waals surface area contributed by atoms with Crippen LogP contribution in [0, 0.1) is 6.92 Å². The second-order valence-electron chi connectivity index (χ2n) is 6.64. The lowest BCUT2D eigenvalue weighted by Crippen LogP contribution is -2.46. The first-order chi connectivity index (χ1) is 14.0. The lowest BCUT2D eigenvalue weighted by molar-refractivity contribution is -0.127. The highest BCUT2D eigenvalue weighted by Crippen LogP contribution is 2.36. The molecular formula is C22H20N2O4S. The highest BCUT2D eigenvalue weighted by molar-refractivity contribution is 7.89. The number of aromatic hydroxyl groups is 1. The summed E-state index contributed by atoms with van der Waals surface area (Å²) in [6.45, 7) is 1.89. The molecule has 1 aliphatic rings. The fourth-order valence-corrected chi connectivity index (χ4v) is 4.25. The van der Waals surface area contributed by atoms with Crippen molar-refractivity contribution in [2.75, 3.05) is 5.01 Å². The van der Waals surface area contributed by atoms with Crippen molar-refractivity contribution in [3.8, 4) is 5.75 Å². The highest BCUT2D eigenvalue weighted by atomic mass is 32.2. The summed E-state index contributed by atoms with van der Waals surface area (Å²) in [5, 5.41) is 11.6. The molecular weight excluding hydrogens is 388 g/mol. The van der Waals surface area contributed by atoms with Crippen LogP contribution >= 0.6 is 0 Å². The van der Waals surface area contributed by atoms with Crippen molar-refractivity contribution in [3.05, 3.63) is 102 Å². The first-order valence-corrected chi connectivity index (χ1v) is 10.5. The van der Waals surface area contributed by atoms with Gasteiger partial charge in [-0.3, -0.25) is 4.84 Å². The normalized spacial score (nSPS) is 17.4. The predicted octanol–water partition coefficient (Wildman–Crippen LogP) is 4.31. The zero-order valence-corrected chi connectivity index (χ0v) is 16.5. The maximum atomic E-state index is 13.4. The SMILES string of the molecule is Cc1ccc(S(=O)(=O)N2OC(c3ccccc3)C=CN2c2ccccc2O)cc1. The molecule has 0 aliphatic carbocycles. The van der Waals surface area contributed by atoms with Gasteiger partial charge in [0.15, 0.2) is 0 Å². The Labute approximate surface area is 169 Å². The summed E-state index contributed by atoms with van der Waals surface area (Å²) in [5.41, 5.74) is 2.04. The number of hydrogen-bond acceptors (Lipinski definition) is 5. The minimum atomic E-state index is -4.06. The molecule has 3 aromatic rings. The summed E-state index contributed by atoms with van der Waals surface area (Å²) >= 11 is 0. The van der Waals surface area contributed by atoms with Crippen molar-refractivity contribution < 1.29 is 18.4 Å². The maximum absolute atomic E-state index is 13.4. The summed E-state index contributed by atoms with van der Waals surface area (Å²) < 4.78 is 27.7. The first kappa shape index (κ1) is 19.2. The van der Waals surface area contributed by atoms with E-state index in [4.69, 9.17) is 4.84 Å². The van der Waals surface area contributed by atoms with Crippen molar-refractivity contribution in [2.24, 2.45) is 0 Å². The van der Waals surface area contributed by atoms with Gasteiger partial charge in [-0.2, -0.15) is 0 Å². The maximum Gasteiger partial charge on any atom is 0.283 e. The van der Waals surface area contributed by atoms with Gasteiger partial charge < -0.3 is 5.11 Å². The number of benzene rings is 3. The molecule has 0 radical (unpaired) electrons. The van der Waals surface area contributed by atoms with Crippen LogP contribution < -0.4 is 5.01 Å². The van der Waals surface area contributed by atoms with E-state index < -0.39 is 16.1 Å². The number of rotatable bonds is 4. The van der Waals surface area contributed by atoms with Crippen LogP contribution in [-0.4, -0.2) is 18.1 Å². The number of aryl methyl sites for hydroxylation is 1. The minimum absolute atomic E-state index is 0.0667. The van der Waals surface area contributed by atoms with Crippen LogP contribution in [-0.2, 0) is 14.9 Å². The van der Waals surface area contributed by atoms with E-state index in [1.807, 2.05) is 37.3 Å². The third-order valence-electron chi connectivity index (χ3n) is 4.56. The number of hydrazine groups is 1. The van der Waals surface area contributed by atoms with E-state index in [0.29, 0.717) is 0 Å². The number of anilines is 1. The van der Waals surface area contributed by atoms with Crippen molar-refractivity contribution >= 4 is 15.7 Å². The van der Waals surface area contributed by atoms with Gasteiger partial charge >= 0.3 is 0 Å². The van der Waals surface area contributed by atoms with Gasteiger partial charge in [-0.25, -0.2) is 13.4 Å². The molecule has 0 amide bonds. The lowest BCUT2D eigenvalue weighted by atomic mass is 10.1. The number of para-hydroxylation sites is 2. The number of hydrogen-bond donors (Lipinski definition) is 1. The molecule has 0 saturated heterocycles. The van der Waals surface area contributed by atoms with Crippen molar-refractivity contribution in [1.29, 1.82) is 0 Å². The summed E-state index contributed by atoms with van der Waals surface area (Å²) in [6, 6.07) is 22.3. The standard InChI is InChI=1S/C22H20N2O4S/c1-17-11-13-19(14-12-17)29(26,27)24-23(20-9-5-6-10-21(20)25)16-15-22(28-24)18-7-3-2-4-8-18/h2-16,22,25H,1H3. The quantitative estimate of drug-likeness (QED) is 0.697. The summed E-state index contributed by atoms with van der Waals surface area (Å²) in [4.78, 5) is 6.01. The van der Waals surface area contributed by atoms with Crippen LogP contribution in [0.15, 0.2) is 96.0 Å². The van der Waals surface area contributed by atoms with Gasteiger partial charge in [0, 0.05) is 10.8 Å². The van der Waals surface area contributed by atoms with Crippen LogP contribution in [0.4, 0.5) is 5.69 Å². The number of sulfonamides is 1. The molecule has 0 spiro atoms. The van der Waals surface area contributed by atoms with Gasteiger partial charge in [0.2, 0.25) is 0 Å². The number of phenolic OH excluding ortho intramolecular Hbond substituents is 1. The molecule has 148 valence electrons. The molecule has 6 nitrogen and oxygen atoms in total. The molecule has 0 bridgehead atoms. The molecule has 1 heterocycles. The summed E-state index contributed by atoms with van der Waals surface area (Å²) in [5.74, 6) is -0.0667. The minimum Gasteiger partial charge on any atom is -0.506 e. The molecule has 1 atom stereocenters. The van der Waals surface area contributed by atoms with Gasteiger partial charge in [0.1, 0.15) is 17.5 Å². The highest BCUT2D eigenvalue weighted by Gasteiger charge is 2.36. The zero-order chi connectivity index (χ0) is 20.4. The predicted molar refractivity (Wildman–Crippen MR) is 110 cm³/mol. The molecule has 7 heteroatoms. The topological polar surface area (TPSA) is 70.1 Å². The van der Waals surface area contributed by atoms with E-state index >= 15 is 0 Å². The van der Waals surface area contributed by atoms with Gasteiger partial charge in [0.25, 0.3) is 10.0 Å². The Bertz CT molecular complexity index is 1130. The van der Waals surface area contributed by atoms with Gasteiger partial charge in [-0.15, -0.1) is 0 Å². The van der Waals surface area contributed by atoms with E-state index in [1.54, 1.807) is 42.6 Å². The fourth-order valence-electron chi connectivity index (χ4n) is 3.01. The van der Waals surface area contributed by atoms with Crippen LogP contribution in [0.5, 0.6) is 5.75 Å². The third-order valence-corrected chi connectivity index (χ3v) is 6.10. The zero-order valence-electron chi connectivity index (χ0n) is 15.7. The molecule has 3 aromatic carbocycles. The molecule has 29 heavy (non-hydrogen) atoms. The third kappa shape index (κ3) is 3.75. The molecule has 0 aromatic heterocycles. The van der Waals surface area contributed by atoms with Crippen LogP contribution in [0.2, 0.25) is 0 Å². The summed E-state index contributed by atoms with van der Waals surface area (Å²) in [7, 11) is -4.06. The van der Waals surface area contributed by atoms with Crippen LogP contribution in [0.25, 0.3) is 0 Å². The first-order valence-electron chi connectivity index (χ1n) is 9.06. The molecule has 4 rings (SSSR count). The van der Waals surface area contributed by atoms with E-state index in [-0.39, 0.29) is 16.3 Å². The van der Waals surface area contributed by atoms with E-state index in [9.17, 15) is 13.5 Å².